The highest BCUT2D eigenvalue weighted by Crippen LogP contribution is 2.03. The maximum atomic E-state index is 10.5. The molecule has 0 aromatic carbocycles. The Kier molecular flexibility index (Phi) is 1.23. The number of imide groups is 1. The third-order valence-electron chi connectivity index (χ3n) is 1.11. The number of hydrogen-bond donors (Lipinski definition) is 1. The Labute approximate surface area is 55.6 Å². The van der Waals surface area contributed by atoms with Crippen molar-refractivity contribution in [1.82, 2.24) is 5.32 Å². The summed E-state index contributed by atoms with van der Waals surface area (Å²) in [7, 11) is 0. The number of ketones is 1. The second kappa shape index (κ2) is 1.92. The number of carbonyl (C=O) groups excluding carboxylic acids is 3. The molecule has 1 atom stereocenters. The van der Waals surface area contributed by atoms with Crippen molar-refractivity contribution in [3.8, 4) is 6.07 Å². The Morgan fingerprint density at radius 3 is 2.20 bits per heavy atom. The van der Waals surface area contributed by atoms with Crippen LogP contribution in [0.4, 0.5) is 0 Å². The molecule has 2 amide bonds. The predicted molar refractivity (Wildman–Crippen MR) is 27.3 cm³/mol. The molecule has 0 unspecified atom stereocenters. The van der Waals surface area contributed by atoms with Crippen molar-refractivity contribution in [3.05, 3.63) is 0 Å². The molecule has 1 saturated heterocycles. The monoisotopic (exact) mass is 138 g/mol. The lowest BCUT2D eigenvalue weighted by molar-refractivity contribution is -0.135. The number of Topliss-reactive ketones (excluding diaryl/α,β-unsaturated/α-hetero) is 1. The average Bonchev–Trinajstić information content (AvgIpc) is 2.09. The zero-order valence-electron chi connectivity index (χ0n) is 4.75. The number of hydrogen-bond acceptors (Lipinski definition) is 4. The number of nitriles is 1. The summed E-state index contributed by atoms with van der Waals surface area (Å²) < 4.78 is 0. The van der Waals surface area contributed by atoms with Gasteiger partial charge in [-0.2, -0.15) is 5.26 Å². The van der Waals surface area contributed by atoms with Gasteiger partial charge in [0.1, 0.15) is 0 Å². The van der Waals surface area contributed by atoms with E-state index in [1.807, 2.05) is 0 Å². The standard InChI is InChI=1S/C5H2N2O3/c6-1-2-3(8)5(10)7-4(2)9/h2H,(H,7,9,10)/t2-/m1/s1. The van der Waals surface area contributed by atoms with E-state index in [9.17, 15) is 14.4 Å². The lowest BCUT2D eigenvalue weighted by atomic mass is 10.1. The molecule has 5 heteroatoms. The molecule has 1 aliphatic heterocycles. The largest absolute Gasteiger partial charge is 0.295 e. The highest BCUT2D eigenvalue weighted by atomic mass is 16.2. The van der Waals surface area contributed by atoms with Crippen LogP contribution in [0.15, 0.2) is 0 Å². The zero-order chi connectivity index (χ0) is 7.72. The van der Waals surface area contributed by atoms with Crippen LogP contribution < -0.4 is 5.32 Å². The summed E-state index contributed by atoms with van der Waals surface area (Å²) >= 11 is 0. The number of rotatable bonds is 0. The molecule has 0 aromatic rings. The van der Waals surface area contributed by atoms with E-state index < -0.39 is 23.5 Å². The van der Waals surface area contributed by atoms with Gasteiger partial charge in [0.25, 0.3) is 11.8 Å². The molecule has 0 bridgehead atoms. The summed E-state index contributed by atoms with van der Waals surface area (Å²) in [4.78, 5) is 31.3. The molecule has 5 nitrogen and oxygen atoms in total. The van der Waals surface area contributed by atoms with Gasteiger partial charge in [-0.3, -0.25) is 19.7 Å². The van der Waals surface area contributed by atoms with Crippen molar-refractivity contribution < 1.29 is 14.4 Å². The van der Waals surface area contributed by atoms with Crippen LogP contribution in [0.3, 0.4) is 0 Å². The van der Waals surface area contributed by atoms with Gasteiger partial charge in [-0.25, -0.2) is 0 Å². The lowest BCUT2D eigenvalue weighted by Gasteiger charge is -1.84. The summed E-state index contributed by atoms with van der Waals surface area (Å²) in [5.41, 5.74) is 0. The van der Waals surface area contributed by atoms with Gasteiger partial charge in [-0.1, -0.05) is 0 Å². The molecule has 1 fully saturated rings. The van der Waals surface area contributed by atoms with Crippen LogP contribution in [0.25, 0.3) is 0 Å². The Hall–Kier alpha value is -1.70. The summed E-state index contributed by atoms with van der Waals surface area (Å²) in [6.07, 6.45) is 0. The number of amides is 2. The summed E-state index contributed by atoms with van der Waals surface area (Å²) in [6.45, 7) is 0. The first kappa shape index (κ1) is 6.42. The van der Waals surface area contributed by atoms with Gasteiger partial charge >= 0.3 is 0 Å². The smallest absolute Gasteiger partial charge is 0.288 e. The molecule has 0 aromatic heterocycles. The van der Waals surface area contributed by atoms with E-state index in [0.29, 0.717) is 0 Å². The molecular weight excluding hydrogens is 136 g/mol. The fraction of sp³-hybridized carbons (Fsp3) is 0.200. The molecule has 0 spiro atoms. The van der Waals surface area contributed by atoms with Crippen molar-refractivity contribution in [2.75, 3.05) is 0 Å². The third kappa shape index (κ3) is 0.666. The summed E-state index contributed by atoms with van der Waals surface area (Å²) in [6, 6.07) is 1.41. The Morgan fingerprint density at radius 1 is 1.40 bits per heavy atom. The molecule has 1 aliphatic rings. The molecule has 0 radical (unpaired) electrons. The second-order valence-corrected chi connectivity index (χ2v) is 1.74. The first-order valence-electron chi connectivity index (χ1n) is 2.45. The molecule has 0 aliphatic carbocycles. The van der Waals surface area contributed by atoms with Crippen LogP contribution >= 0.6 is 0 Å². The molecule has 50 valence electrons. The van der Waals surface area contributed by atoms with E-state index in [1.165, 1.54) is 6.07 Å². The van der Waals surface area contributed by atoms with Crippen molar-refractivity contribution in [1.29, 1.82) is 5.26 Å². The van der Waals surface area contributed by atoms with Crippen LogP contribution in [-0.4, -0.2) is 17.6 Å². The first-order chi connectivity index (χ1) is 4.66. The maximum Gasteiger partial charge on any atom is 0.295 e. The minimum absolute atomic E-state index is 0.822. The van der Waals surface area contributed by atoms with Gasteiger partial charge in [0.2, 0.25) is 5.78 Å². The minimum Gasteiger partial charge on any atom is -0.288 e. The summed E-state index contributed by atoms with van der Waals surface area (Å²) in [5.74, 6) is -4.20. The Balaban J connectivity index is 2.98. The average molecular weight is 138 g/mol. The van der Waals surface area contributed by atoms with E-state index in [4.69, 9.17) is 5.26 Å². The molecule has 0 saturated carbocycles. The normalized spacial score (nSPS) is 24.3. The quantitative estimate of drug-likeness (QED) is 0.247. The van der Waals surface area contributed by atoms with Crippen molar-refractivity contribution in [2.24, 2.45) is 5.92 Å². The van der Waals surface area contributed by atoms with Crippen LogP contribution in [0.1, 0.15) is 0 Å². The molecule has 1 N–H and O–H groups in total. The molecular formula is C5H2N2O3. The van der Waals surface area contributed by atoms with E-state index in [2.05, 4.69) is 0 Å². The van der Waals surface area contributed by atoms with Gasteiger partial charge in [0, 0.05) is 0 Å². The van der Waals surface area contributed by atoms with Crippen molar-refractivity contribution in [2.45, 2.75) is 0 Å². The lowest BCUT2D eigenvalue weighted by Crippen LogP contribution is -2.22. The van der Waals surface area contributed by atoms with Gasteiger partial charge in [0.05, 0.1) is 6.07 Å². The number of carbonyl (C=O) groups is 3. The SMILES string of the molecule is N#C[C@H]1C(=O)NC(=O)C1=O. The van der Waals surface area contributed by atoms with Gasteiger partial charge in [-0.05, 0) is 0 Å². The first-order valence-corrected chi connectivity index (χ1v) is 2.45. The second-order valence-electron chi connectivity index (χ2n) is 1.74. The fourth-order valence-corrected chi connectivity index (χ4v) is 0.613. The Bertz CT molecular complexity index is 263. The van der Waals surface area contributed by atoms with Crippen LogP contribution in [0.5, 0.6) is 0 Å². The van der Waals surface area contributed by atoms with Gasteiger partial charge in [-0.15, -0.1) is 0 Å². The zero-order valence-corrected chi connectivity index (χ0v) is 4.75. The van der Waals surface area contributed by atoms with Crippen LogP contribution in [0.2, 0.25) is 0 Å². The van der Waals surface area contributed by atoms with E-state index in [-0.39, 0.29) is 0 Å². The van der Waals surface area contributed by atoms with Crippen molar-refractivity contribution in [3.63, 3.8) is 0 Å². The number of nitrogens with one attached hydrogen (secondary N) is 1. The topological polar surface area (TPSA) is 87.0 Å². The molecule has 1 heterocycles. The van der Waals surface area contributed by atoms with E-state index in [1.54, 1.807) is 5.32 Å². The van der Waals surface area contributed by atoms with Crippen LogP contribution in [-0.2, 0) is 14.4 Å². The third-order valence-corrected chi connectivity index (χ3v) is 1.11. The van der Waals surface area contributed by atoms with Gasteiger partial charge in [0.15, 0.2) is 5.92 Å². The fourth-order valence-electron chi connectivity index (χ4n) is 0.613. The van der Waals surface area contributed by atoms with Crippen molar-refractivity contribution >= 4 is 17.6 Å². The predicted octanol–water partition coefficient (Wildman–Crippen LogP) is -1.65. The molecule has 10 heavy (non-hydrogen) atoms. The summed E-state index contributed by atoms with van der Waals surface area (Å²) in [5, 5.41) is 9.86. The van der Waals surface area contributed by atoms with Gasteiger partial charge < -0.3 is 0 Å². The maximum absolute atomic E-state index is 10.5. The van der Waals surface area contributed by atoms with E-state index >= 15 is 0 Å². The minimum atomic E-state index is -1.42. The highest BCUT2D eigenvalue weighted by molar-refractivity contribution is 6.48. The highest BCUT2D eigenvalue weighted by Gasteiger charge is 2.40. The number of nitrogens with zero attached hydrogens (tertiary/aromatic N) is 1. The van der Waals surface area contributed by atoms with E-state index in [0.717, 1.165) is 0 Å². The Morgan fingerprint density at radius 2 is 2.00 bits per heavy atom. The van der Waals surface area contributed by atoms with Crippen LogP contribution in [0, 0.1) is 17.2 Å². The molecule has 1 rings (SSSR count).